The van der Waals surface area contributed by atoms with Crippen LogP contribution in [-0.2, 0) is 19.0 Å². The van der Waals surface area contributed by atoms with Crippen molar-refractivity contribution < 1.29 is 19.0 Å². The molecule has 1 aliphatic rings. The molecule has 0 radical (unpaired) electrons. The first kappa shape index (κ1) is 13.4. The molecule has 0 bridgehead atoms. The van der Waals surface area contributed by atoms with Gasteiger partial charge in [0.1, 0.15) is 0 Å². The second kappa shape index (κ2) is 5.32. The molecule has 0 aromatic carbocycles. The molecule has 1 saturated heterocycles. The number of ether oxygens (including phenoxy) is 3. The summed E-state index contributed by atoms with van der Waals surface area (Å²) in [5, 5.41) is 0. The molecule has 84 valence electrons. The Labute approximate surface area is 85.5 Å². The maximum absolute atomic E-state index is 11.1. The Morgan fingerprint density at radius 3 is 2.71 bits per heavy atom. The maximum atomic E-state index is 11.1. The van der Waals surface area contributed by atoms with E-state index in [-0.39, 0.29) is 25.9 Å². The van der Waals surface area contributed by atoms with E-state index in [1.54, 1.807) is 13.8 Å². The van der Waals surface area contributed by atoms with E-state index in [4.69, 9.17) is 14.2 Å². The van der Waals surface area contributed by atoms with Crippen molar-refractivity contribution in [1.29, 1.82) is 0 Å². The van der Waals surface area contributed by atoms with Crippen molar-refractivity contribution in [3.8, 4) is 0 Å². The number of hydrogen-bond acceptors (Lipinski definition) is 4. The van der Waals surface area contributed by atoms with Crippen molar-refractivity contribution in [2.24, 2.45) is 0 Å². The molecule has 0 aliphatic carbocycles. The van der Waals surface area contributed by atoms with Crippen LogP contribution in [0.5, 0.6) is 0 Å². The van der Waals surface area contributed by atoms with Gasteiger partial charge in [0.2, 0.25) is 0 Å². The molecule has 0 aromatic rings. The Kier molecular flexibility index (Phi) is 5.08. The molecule has 2 unspecified atom stereocenters. The summed E-state index contributed by atoms with van der Waals surface area (Å²) in [5.41, 5.74) is 0. The van der Waals surface area contributed by atoms with Crippen LogP contribution in [0.1, 0.15) is 34.6 Å². The standard InChI is InChI=1S/C9H16O4.CH4/c1-4-11-8(10)5-9(3)12-6-7(2)13-9;/h7H,4-6H2,1-3H3;1H4. The molecular formula is C10H20O4. The fourth-order valence-electron chi connectivity index (χ4n) is 1.35. The largest absolute Gasteiger partial charge is 0.466 e. The second-order valence-electron chi connectivity index (χ2n) is 3.36. The van der Waals surface area contributed by atoms with Crippen LogP contribution in [0.3, 0.4) is 0 Å². The van der Waals surface area contributed by atoms with Crippen LogP contribution >= 0.6 is 0 Å². The van der Waals surface area contributed by atoms with Gasteiger partial charge in [-0.3, -0.25) is 4.79 Å². The van der Waals surface area contributed by atoms with E-state index in [9.17, 15) is 4.79 Å². The number of rotatable bonds is 3. The van der Waals surface area contributed by atoms with Gasteiger partial charge in [0.25, 0.3) is 0 Å². The summed E-state index contributed by atoms with van der Waals surface area (Å²) < 4.78 is 15.6. The summed E-state index contributed by atoms with van der Waals surface area (Å²) >= 11 is 0. The molecule has 4 nitrogen and oxygen atoms in total. The van der Waals surface area contributed by atoms with E-state index < -0.39 is 5.79 Å². The van der Waals surface area contributed by atoms with Crippen molar-refractivity contribution in [3.05, 3.63) is 0 Å². The van der Waals surface area contributed by atoms with Crippen molar-refractivity contribution >= 4 is 5.97 Å². The van der Waals surface area contributed by atoms with Gasteiger partial charge in [0.15, 0.2) is 5.79 Å². The SMILES string of the molecule is C.CCOC(=O)CC1(C)OCC(C)O1. The van der Waals surface area contributed by atoms with E-state index in [1.807, 2.05) is 6.92 Å². The van der Waals surface area contributed by atoms with Gasteiger partial charge in [-0.15, -0.1) is 0 Å². The highest BCUT2D eigenvalue weighted by molar-refractivity contribution is 5.70. The lowest BCUT2D eigenvalue weighted by molar-refractivity contribution is -0.178. The highest BCUT2D eigenvalue weighted by Gasteiger charge is 2.37. The predicted molar refractivity (Wildman–Crippen MR) is 52.9 cm³/mol. The average molecular weight is 204 g/mol. The van der Waals surface area contributed by atoms with Crippen LogP contribution in [0.25, 0.3) is 0 Å². The smallest absolute Gasteiger partial charge is 0.311 e. The first-order chi connectivity index (χ1) is 6.06. The van der Waals surface area contributed by atoms with Gasteiger partial charge in [0.05, 0.1) is 25.7 Å². The molecule has 1 rings (SSSR count). The highest BCUT2D eigenvalue weighted by atomic mass is 16.7. The number of carbonyl (C=O) groups is 1. The molecule has 1 aliphatic heterocycles. The lowest BCUT2D eigenvalue weighted by atomic mass is 10.2. The summed E-state index contributed by atoms with van der Waals surface area (Å²) in [6, 6.07) is 0. The van der Waals surface area contributed by atoms with Gasteiger partial charge in [-0.2, -0.15) is 0 Å². The van der Waals surface area contributed by atoms with Gasteiger partial charge in [0, 0.05) is 0 Å². The Morgan fingerprint density at radius 2 is 2.29 bits per heavy atom. The molecule has 1 fully saturated rings. The third-order valence-electron chi connectivity index (χ3n) is 1.84. The Hall–Kier alpha value is -0.610. The van der Waals surface area contributed by atoms with Crippen molar-refractivity contribution in [2.75, 3.05) is 13.2 Å². The van der Waals surface area contributed by atoms with Gasteiger partial charge in [-0.1, -0.05) is 7.43 Å². The van der Waals surface area contributed by atoms with Crippen molar-refractivity contribution in [1.82, 2.24) is 0 Å². The van der Waals surface area contributed by atoms with Crippen LogP contribution in [0.4, 0.5) is 0 Å². The Morgan fingerprint density at radius 1 is 1.64 bits per heavy atom. The van der Waals surface area contributed by atoms with Crippen LogP contribution in [-0.4, -0.2) is 31.1 Å². The topological polar surface area (TPSA) is 44.8 Å². The molecule has 14 heavy (non-hydrogen) atoms. The predicted octanol–water partition coefficient (Wildman–Crippen LogP) is 1.73. The molecule has 0 aromatic heterocycles. The van der Waals surface area contributed by atoms with Gasteiger partial charge >= 0.3 is 5.97 Å². The maximum Gasteiger partial charge on any atom is 0.311 e. The molecular weight excluding hydrogens is 184 g/mol. The summed E-state index contributed by atoms with van der Waals surface area (Å²) in [5.74, 6) is -1.06. The highest BCUT2D eigenvalue weighted by Crippen LogP contribution is 2.26. The van der Waals surface area contributed by atoms with Gasteiger partial charge in [-0.25, -0.2) is 0 Å². The van der Waals surface area contributed by atoms with Gasteiger partial charge < -0.3 is 14.2 Å². The average Bonchev–Trinajstić information content (AvgIpc) is 2.30. The number of carbonyl (C=O) groups excluding carboxylic acids is 1. The minimum Gasteiger partial charge on any atom is -0.466 e. The van der Waals surface area contributed by atoms with E-state index in [0.717, 1.165) is 0 Å². The minimum atomic E-state index is -0.786. The lowest BCUT2D eigenvalue weighted by Crippen LogP contribution is -2.30. The lowest BCUT2D eigenvalue weighted by Gasteiger charge is -2.21. The van der Waals surface area contributed by atoms with Crippen LogP contribution in [0.2, 0.25) is 0 Å². The number of esters is 1. The summed E-state index contributed by atoms with van der Waals surface area (Å²) in [6.07, 6.45) is 0.213. The molecule has 0 spiro atoms. The van der Waals surface area contributed by atoms with E-state index >= 15 is 0 Å². The molecule has 0 saturated carbocycles. The normalized spacial score (nSPS) is 30.9. The zero-order valence-corrected chi connectivity index (χ0v) is 8.33. The fraction of sp³-hybridized carbons (Fsp3) is 0.900. The quantitative estimate of drug-likeness (QED) is 0.657. The molecule has 4 heteroatoms. The summed E-state index contributed by atoms with van der Waals surface area (Å²) in [6.45, 7) is 6.38. The second-order valence-corrected chi connectivity index (χ2v) is 3.36. The third kappa shape index (κ3) is 3.64. The molecule has 0 amide bonds. The van der Waals surface area contributed by atoms with Crippen molar-refractivity contribution in [2.45, 2.75) is 46.5 Å². The monoisotopic (exact) mass is 204 g/mol. The van der Waals surface area contributed by atoms with Crippen LogP contribution in [0, 0.1) is 0 Å². The summed E-state index contributed by atoms with van der Waals surface area (Å²) in [7, 11) is 0. The molecule has 2 atom stereocenters. The zero-order valence-electron chi connectivity index (χ0n) is 8.33. The molecule has 1 heterocycles. The first-order valence-corrected chi connectivity index (χ1v) is 4.53. The minimum absolute atomic E-state index is 0. The van der Waals surface area contributed by atoms with Crippen molar-refractivity contribution in [3.63, 3.8) is 0 Å². The van der Waals surface area contributed by atoms with E-state index in [2.05, 4.69) is 0 Å². The van der Waals surface area contributed by atoms with E-state index in [0.29, 0.717) is 13.2 Å². The number of hydrogen-bond donors (Lipinski definition) is 0. The summed E-state index contributed by atoms with van der Waals surface area (Å²) in [4.78, 5) is 11.1. The van der Waals surface area contributed by atoms with Gasteiger partial charge in [-0.05, 0) is 20.8 Å². The van der Waals surface area contributed by atoms with E-state index in [1.165, 1.54) is 0 Å². The Bertz CT molecular complexity index is 193. The Balaban J connectivity index is 0.00000169. The third-order valence-corrected chi connectivity index (χ3v) is 1.84. The van der Waals surface area contributed by atoms with Crippen LogP contribution < -0.4 is 0 Å². The molecule has 0 N–H and O–H groups in total. The zero-order chi connectivity index (χ0) is 9.90. The first-order valence-electron chi connectivity index (χ1n) is 4.53. The fourth-order valence-corrected chi connectivity index (χ4v) is 1.35. The van der Waals surface area contributed by atoms with Crippen LogP contribution in [0.15, 0.2) is 0 Å².